The number of aromatic nitrogens is 2. The fraction of sp³-hybridized carbons (Fsp3) is 0.800. The van der Waals surface area contributed by atoms with Crippen LogP contribution in [0.15, 0.2) is 9.52 Å². The molecule has 0 saturated carbocycles. The van der Waals surface area contributed by atoms with Crippen molar-refractivity contribution < 1.29 is 9.32 Å². The zero-order valence-corrected chi connectivity index (χ0v) is 21.0. The summed E-state index contributed by atoms with van der Waals surface area (Å²) >= 11 is 0. The molecular formula is C20H36IN7O2. The number of guanidine groups is 1. The molecule has 10 heteroatoms. The molecule has 0 bridgehead atoms. The summed E-state index contributed by atoms with van der Waals surface area (Å²) in [5.74, 6) is 2.82. The second-order valence-electron chi connectivity index (χ2n) is 8.16. The highest BCUT2D eigenvalue weighted by molar-refractivity contribution is 14.0. The predicted molar refractivity (Wildman–Crippen MR) is 127 cm³/mol. The van der Waals surface area contributed by atoms with Crippen LogP contribution in [0.5, 0.6) is 0 Å². The maximum atomic E-state index is 12.7. The van der Waals surface area contributed by atoms with E-state index in [9.17, 15) is 4.79 Å². The Morgan fingerprint density at radius 3 is 2.33 bits per heavy atom. The molecule has 2 aliphatic rings. The Morgan fingerprint density at radius 2 is 1.77 bits per heavy atom. The van der Waals surface area contributed by atoms with Gasteiger partial charge in [0, 0.05) is 65.2 Å². The molecule has 30 heavy (non-hydrogen) atoms. The van der Waals surface area contributed by atoms with Crippen molar-refractivity contribution in [1.82, 2.24) is 30.2 Å². The lowest BCUT2D eigenvalue weighted by Crippen LogP contribution is -2.57. The molecule has 0 spiro atoms. The van der Waals surface area contributed by atoms with Crippen LogP contribution in [0.2, 0.25) is 0 Å². The van der Waals surface area contributed by atoms with Crippen molar-refractivity contribution in [2.24, 2.45) is 4.99 Å². The van der Waals surface area contributed by atoms with Crippen molar-refractivity contribution in [3.8, 4) is 0 Å². The number of piperazine rings is 1. The third kappa shape index (κ3) is 6.29. The Labute approximate surface area is 196 Å². The summed E-state index contributed by atoms with van der Waals surface area (Å²) in [5.41, 5.74) is 0. The SMILES string of the molecule is CN=C(NCCc1nc(C(C)C)no1)N1CCN(C(C)C(=O)N2CCCC2)CC1.I. The van der Waals surface area contributed by atoms with E-state index in [1.165, 1.54) is 0 Å². The summed E-state index contributed by atoms with van der Waals surface area (Å²) in [4.78, 5) is 28.0. The number of halogens is 1. The van der Waals surface area contributed by atoms with Gasteiger partial charge in [-0.1, -0.05) is 19.0 Å². The molecule has 1 aromatic rings. The molecule has 3 heterocycles. The molecule has 2 fully saturated rings. The van der Waals surface area contributed by atoms with E-state index in [2.05, 4.69) is 30.2 Å². The second kappa shape index (κ2) is 11.8. The number of hydrogen-bond donors (Lipinski definition) is 1. The predicted octanol–water partition coefficient (Wildman–Crippen LogP) is 1.56. The standard InChI is InChI=1S/C20H35N7O2.HI/c1-15(2)18-23-17(29-24-18)7-8-22-20(21-4)27-13-11-25(12-14-27)16(3)19(28)26-9-5-6-10-26;/h15-16H,5-14H2,1-4H3,(H,21,22);1H. The number of rotatable bonds is 6. The van der Waals surface area contributed by atoms with Crippen molar-refractivity contribution in [2.45, 2.75) is 52.0 Å². The number of hydrogen-bond acceptors (Lipinski definition) is 6. The van der Waals surface area contributed by atoms with E-state index < -0.39 is 0 Å². The monoisotopic (exact) mass is 533 g/mol. The average Bonchev–Trinajstić information content (AvgIpc) is 3.42. The molecule has 1 N–H and O–H groups in total. The fourth-order valence-corrected chi connectivity index (χ4v) is 3.90. The van der Waals surface area contributed by atoms with Crippen molar-refractivity contribution in [2.75, 3.05) is 52.9 Å². The van der Waals surface area contributed by atoms with Gasteiger partial charge in [-0.15, -0.1) is 24.0 Å². The molecule has 0 radical (unpaired) electrons. The molecular weight excluding hydrogens is 497 g/mol. The van der Waals surface area contributed by atoms with Gasteiger partial charge < -0.3 is 19.6 Å². The zero-order chi connectivity index (χ0) is 20.8. The molecule has 170 valence electrons. The van der Waals surface area contributed by atoms with Crippen molar-refractivity contribution in [1.29, 1.82) is 0 Å². The highest BCUT2D eigenvalue weighted by Gasteiger charge is 2.30. The van der Waals surface area contributed by atoms with Gasteiger partial charge in [-0.3, -0.25) is 14.7 Å². The molecule has 0 aliphatic carbocycles. The van der Waals surface area contributed by atoms with E-state index in [0.717, 1.165) is 63.9 Å². The largest absolute Gasteiger partial charge is 0.356 e. The first kappa shape index (κ1) is 24.8. The third-order valence-corrected chi connectivity index (χ3v) is 5.77. The van der Waals surface area contributed by atoms with Crippen LogP contribution < -0.4 is 5.32 Å². The normalized spacial score (nSPS) is 19.2. The van der Waals surface area contributed by atoms with Crippen LogP contribution in [0.4, 0.5) is 0 Å². The van der Waals surface area contributed by atoms with E-state index in [4.69, 9.17) is 4.52 Å². The van der Waals surface area contributed by atoms with Gasteiger partial charge in [0.2, 0.25) is 11.8 Å². The number of carbonyl (C=O) groups is 1. The van der Waals surface area contributed by atoms with Crippen LogP contribution in [0.1, 0.15) is 51.2 Å². The first-order chi connectivity index (χ1) is 14.0. The van der Waals surface area contributed by atoms with Crippen molar-refractivity contribution in [3.63, 3.8) is 0 Å². The lowest BCUT2D eigenvalue weighted by atomic mass is 10.2. The Hall–Kier alpha value is -1.43. The summed E-state index contributed by atoms with van der Waals surface area (Å²) in [7, 11) is 1.80. The maximum Gasteiger partial charge on any atom is 0.239 e. The minimum atomic E-state index is -0.0436. The summed E-state index contributed by atoms with van der Waals surface area (Å²) in [6, 6.07) is -0.0436. The van der Waals surface area contributed by atoms with Gasteiger partial charge in [-0.05, 0) is 19.8 Å². The lowest BCUT2D eigenvalue weighted by molar-refractivity contribution is -0.135. The van der Waals surface area contributed by atoms with Gasteiger partial charge in [0.1, 0.15) is 0 Å². The van der Waals surface area contributed by atoms with E-state index in [1.807, 2.05) is 25.7 Å². The quantitative estimate of drug-likeness (QED) is 0.337. The molecule has 2 aliphatic heterocycles. The number of amides is 1. The van der Waals surface area contributed by atoms with Crippen LogP contribution in [-0.2, 0) is 11.2 Å². The summed E-state index contributed by atoms with van der Waals surface area (Å²) < 4.78 is 5.29. The zero-order valence-electron chi connectivity index (χ0n) is 18.6. The molecule has 9 nitrogen and oxygen atoms in total. The van der Waals surface area contributed by atoms with Gasteiger partial charge in [0.15, 0.2) is 11.8 Å². The number of likely N-dealkylation sites (tertiary alicyclic amines) is 1. The summed E-state index contributed by atoms with van der Waals surface area (Å²) in [5, 5.41) is 7.39. The molecule has 0 aromatic carbocycles. The van der Waals surface area contributed by atoms with Crippen LogP contribution >= 0.6 is 24.0 Å². The summed E-state index contributed by atoms with van der Waals surface area (Å²) in [6.07, 6.45) is 2.94. The van der Waals surface area contributed by atoms with Gasteiger partial charge in [0.05, 0.1) is 6.04 Å². The van der Waals surface area contributed by atoms with Gasteiger partial charge in [-0.25, -0.2) is 0 Å². The molecule has 1 atom stereocenters. The fourth-order valence-electron chi connectivity index (χ4n) is 3.90. The number of aliphatic imine (C=N–C) groups is 1. The first-order valence-corrected chi connectivity index (χ1v) is 10.8. The Balaban J connectivity index is 0.00000320. The molecule has 2 saturated heterocycles. The van der Waals surface area contributed by atoms with Crippen molar-refractivity contribution in [3.05, 3.63) is 11.7 Å². The van der Waals surface area contributed by atoms with Crippen molar-refractivity contribution >= 4 is 35.8 Å². The topological polar surface area (TPSA) is 90.1 Å². The average molecular weight is 533 g/mol. The van der Waals surface area contributed by atoms with Crippen LogP contribution in [0.25, 0.3) is 0 Å². The second-order valence-corrected chi connectivity index (χ2v) is 8.16. The van der Waals surface area contributed by atoms with Crippen LogP contribution in [0.3, 0.4) is 0 Å². The van der Waals surface area contributed by atoms with E-state index in [1.54, 1.807) is 7.05 Å². The van der Waals surface area contributed by atoms with Gasteiger partial charge >= 0.3 is 0 Å². The van der Waals surface area contributed by atoms with Gasteiger partial charge in [-0.2, -0.15) is 4.98 Å². The number of nitrogens with zero attached hydrogens (tertiary/aromatic N) is 6. The van der Waals surface area contributed by atoms with E-state index in [0.29, 0.717) is 18.9 Å². The van der Waals surface area contributed by atoms with E-state index >= 15 is 0 Å². The lowest BCUT2D eigenvalue weighted by Gasteiger charge is -2.39. The third-order valence-electron chi connectivity index (χ3n) is 5.77. The highest BCUT2D eigenvalue weighted by Crippen LogP contribution is 2.14. The molecule has 3 rings (SSSR count). The number of nitrogens with one attached hydrogen (secondary N) is 1. The first-order valence-electron chi connectivity index (χ1n) is 10.8. The van der Waals surface area contributed by atoms with Gasteiger partial charge in [0.25, 0.3) is 0 Å². The number of carbonyl (C=O) groups excluding carboxylic acids is 1. The Kier molecular flexibility index (Phi) is 9.79. The highest BCUT2D eigenvalue weighted by atomic mass is 127. The Bertz CT molecular complexity index is 695. The minimum Gasteiger partial charge on any atom is -0.356 e. The van der Waals surface area contributed by atoms with Crippen LogP contribution in [0, 0.1) is 0 Å². The van der Waals surface area contributed by atoms with Crippen LogP contribution in [-0.4, -0.2) is 95.6 Å². The minimum absolute atomic E-state index is 0. The summed E-state index contributed by atoms with van der Waals surface area (Å²) in [6.45, 7) is 12.1. The van der Waals surface area contributed by atoms with E-state index in [-0.39, 0.29) is 41.8 Å². The Morgan fingerprint density at radius 1 is 1.10 bits per heavy atom. The smallest absolute Gasteiger partial charge is 0.239 e. The molecule has 1 unspecified atom stereocenters. The molecule has 1 amide bonds. The maximum absolute atomic E-state index is 12.7. The molecule has 1 aromatic heterocycles.